The summed E-state index contributed by atoms with van der Waals surface area (Å²) >= 11 is 0. The van der Waals surface area contributed by atoms with Crippen molar-refractivity contribution in [2.24, 2.45) is 11.8 Å². The maximum atomic E-state index is 11.7. The number of carboxylic acids is 1. The van der Waals surface area contributed by atoms with Gasteiger partial charge in [-0.1, -0.05) is 26.7 Å². The molecule has 0 aromatic rings. The van der Waals surface area contributed by atoms with E-state index in [1.165, 1.54) is 6.42 Å². The summed E-state index contributed by atoms with van der Waals surface area (Å²) in [7, 11) is 0. The van der Waals surface area contributed by atoms with Crippen LogP contribution in [0.4, 0.5) is 0 Å². The van der Waals surface area contributed by atoms with Crippen molar-refractivity contribution < 1.29 is 9.90 Å². The van der Waals surface area contributed by atoms with Crippen LogP contribution in [0.5, 0.6) is 0 Å². The molecular formula is C13H23NO2. The highest BCUT2D eigenvalue weighted by Crippen LogP contribution is 2.40. The van der Waals surface area contributed by atoms with E-state index in [0.717, 1.165) is 32.1 Å². The predicted molar refractivity (Wildman–Crippen MR) is 63.3 cm³/mol. The highest BCUT2D eigenvalue weighted by atomic mass is 16.4. The van der Waals surface area contributed by atoms with Crippen molar-refractivity contribution in [1.29, 1.82) is 0 Å². The van der Waals surface area contributed by atoms with Gasteiger partial charge < -0.3 is 5.11 Å². The lowest BCUT2D eigenvalue weighted by atomic mass is 9.67. The molecule has 16 heavy (non-hydrogen) atoms. The van der Waals surface area contributed by atoms with Crippen molar-refractivity contribution in [2.45, 2.75) is 64.0 Å². The summed E-state index contributed by atoms with van der Waals surface area (Å²) in [5, 5.41) is 13.1. The molecule has 2 aliphatic carbocycles. The Hall–Kier alpha value is -0.570. The van der Waals surface area contributed by atoms with Gasteiger partial charge in [0.2, 0.25) is 0 Å². The van der Waals surface area contributed by atoms with Crippen molar-refractivity contribution in [3.63, 3.8) is 0 Å². The van der Waals surface area contributed by atoms with E-state index in [-0.39, 0.29) is 0 Å². The zero-order valence-electron chi connectivity index (χ0n) is 10.3. The third kappa shape index (κ3) is 2.10. The highest BCUT2D eigenvalue weighted by molar-refractivity contribution is 5.79. The Morgan fingerprint density at radius 1 is 1.31 bits per heavy atom. The molecule has 3 heteroatoms. The van der Waals surface area contributed by atoms with Gasteiger partial charge in [-0.2, -0.15) is 0 Å². The van der Waals surface area contributed by atoms with E-state index in [1.54, 1.807) is 0 Å². The fourth-order valence-electron chi connectivity index (χ4n) is 3.20. The quantitative estimate of drug-likeness (QED) is 0.772. The Balaban J connectivity index is 2.20. The molecule has 2 rings (SSSR count). The molecule has 2 aliphatic rings. The minimum atomic E-state index is -0.631. The second kappa shape index (κ2) is 4.36. The second-order valence-electron chi connectivity index (χ2n) is 5.79. The summed E-state index contributed by atoms with van der Waals surface area (Å²) in [5.41, 5.74) is -0.631. The van der Waals surface area contributed by atoms with Gasteiger partial charge in [-0.05, 0) is 37.5 Å². The number of aliphatic carboxylic acids is 1. The van der Waals surface area contributed by atoms with Crippen molar-refractivity contribution in [3.05, 3.63) is 0 Å². The van der Waals surface area contributed by atoms with Crippen LogP contribution in [-0.2, 0) is 4.79 Å². The molecular weight excluding hydrogens is 202 g/mol. The van der Waals surface area contributed by atoms with Gasteiger partial charge in [0.05, 0.1) is 0 Å². The average Bonchev–Trinajstić information content (AvgIpc) is 3.01. The fourth-order valence-corrected chi connectivity index (χ4v) is 3.20. The van der Waals surface area contributed by atoms with Crippen LogP contribution in [0.25, 0.3) is 0 Å². The summed E-state index contributed by atoms with van der Waals surface area (Å²) in [5.74, 6) is 0.111. The lowest BCUT2D eigenvalue weighted by molar-refractivity contribution is -0.150. The number of carboxylic acid groups (broad SMARTS) is 1. The molecule has 0 heterocycles. The van der Waals surface area contributed by atoms with E-state index < -0.39 is 11.5 Å². The molecule has 0 aromatic heterocycles. The average molecular weight is 225 g/mol. The minimum absolute atomic E-state index is 0.291. The van der Waals surface area contributed by atoms with Crippen LogP contribution in [0.15, 0.2) is 0 Å². The van der Waals surface area contributed by atoms with Gasteiger partial charge in [0.15, 0.2) is 0 Å². The van der Waals surface area contributed by atoms with Gasteiger partial charge >= 0.3 is 5.97 Å². The lowest BCUT2D eigenvalue weighted by Crippen LogP contribution is -2.60. The third-order valence-corrected chi connectivity index (χ3v) is 4.19. The van der Waals surface area contributed by atoms with Gasteiger partial charge in [0.1, 0.15) is 5.54 Å². The summed E-state index contributed by atoms with van der Waals surface area (Å²) < 4.78 is 0. The van der Waals surface area contributed by atoms with Crippen molar-refractivity contribution >= 4 is 5.97 Å². The summed E-state index contributed by atoms with van der Waals surface area (Å²) in [6.07, 6.45) is 6.41. The molecule has 0 aromatic carbocycles. The molecule has 0 amide bonds. The maximum absolute atomic E-state index is 11.7. The minimum Gasteiger partial charge on any atom is -0.480 e. The van der Waals surface area contributed by atoms with Gasteiger partial charge in [-0.15, -0.1) is 0 Å². The molecule has 2 saturated carbocycles. The topological polar surface area (TPSA) is 49.3 Å². The largest absolute Gasteiger partial charge is 0.480 e. The van der Waals surface area contributed by atoms with E-state index >= 15 is 0 Å². The molecule has 2 atom stereocenters. The van der Waals surface area contributed by atoms with Crippen LogP contribution >= 0.6 is 0 Å². The van der Waals surface area contributed by atoms with Crippen LogP contribution in [0.2, 0.25) is 0 Å². The van der Waals surface area contributed by atoms with Crippen LogP contribution < -0.4 is 5.32 Å². The molecule has 0 aliphatic heterocycles. The van der Waals surface area contributed by atoms with Crippen molar-refractivity contribution in [3.8, 4) is 0 Å². The van der Waals surface area contributed by atoms with Gasteiger partial charge in [0, 0.05) is 6.04 Å². The van der Waals surface area contributed by atoms with Gasteiger partial charge in [-0.3, -0.25) is 10.1 Å². The summed E-state index contributed by atoms with van der Waals surface area (Å²) in [6.45, 7) is 4.31. The molecule has 0 spiro atoms. The van der Waals surface area contributed by atoms with Crippen LogP contribution in [-0.4, -0.2) is 22.7 Å². The zero-order chi connectivity index (χ0) is 11.8. The van der Waals surface area contributed by atoms with Crippen molar-refractivity contribution in [2.75, 3.05) is 0 Å². The van der Waals surface area contributed by atoms with Crippen LogP contribution in [0, 0.1) is 11.8 Å². The first-order valence-corrected chi connectivity index (χ1v) is 6.57. The highest BCUT2D eigenvalue weighted by Gasteiger charge is 2.50. The normalized spacial score (nSPS) is 35.3. The number of hydrogen-bond acceptors (Lipinski definition) is 2. The van der Waals surface area contributed by atoms with E-state index in [0.29, 0.717) is 17.9 Å². The number of nitrogens with one attached hydrogen (secondary N) is 1. The molecule has 3 nitrogen and oxygen atoms in total. The lowest BCUT2D eigenvalue weighted by Gasteiger charge is -2.44. The molecule has 2 N–H and O–H groups in total. The summed E-state index contributed by atoms with van der Waals surface area (Å²) in [4.78, 5) is 11.7. The number of rotatable bonds is 4. The SMILES string of the molecule is CC(C)C1CCCCC1(NC1CC1)C(=O)O. The Morgan fingerprint density at radius 3 is 2.50 bits per heavy atom. The van der Waals surface area contributed by atoms with E-state index in [2.05, 4.69) is 19.2 Å². The molecule has 92 valence electrons. The molecule has 2 fully saturated rings. The van der Waals surface area contributed by atoms with Crippen molar-refractivity contribution in [1.82, 2.24) is 5.32 Å². The Morgan fingerprint density at radius 2 is 2.00 bits per heavy atom. The first-order chi connectivity index (χ1) is 7.56. The van der Waals surface area contributed by atoms with Gasteiger partial charge in [-0.25, -0.2) is 0 Å². The Kier molecular flexibility index (Phi) is 3.24. The van der Waals surface area contributed by atoms with Crippen LogP contribution in [0.1, 0.15) is 52.4 Å². The maximum Gasteiger partial charge on any atom is 0.324 e. The first kappa shape index (κ1) is 11.9. The smallest absolute Gasteiger partial charge is 0.324 e. The predicted octanol–water partition coefficient (Wildman–Crippen LogP) is 2.41. The van der Waals surface area contributed by atoms with E-state index in [4.69, 9.17) is 0 Å². The Labute approximate surface area is 97.6 Å². The standard InChI is InChI=1S/C13H23NO2/c1-9(2)11-5-3-4-8-13(11,12(15)16)14-10-6-7-10/h9-11,14H,3-8H2,1-2H3,(H,15,16). The second-order valence-corrected chi connectivity index (χ2v) is 5.79. The van der Waals surface area contributed by atoms with E-state index in [9.17, 15) is 9.90 Å². The van der Waals surface area contributed by atoms with Crippen LogP contribution in [0.3, 0.4) is 0 Å². The number of hydrogen-bond donors (Lipinski definition) is 2. The molecule has 0 bridgehead atoms. The summed E-state index contributed by atoms with van der Waals surface area (Å²) in [6, 6.07) is 0.468. The Bertz CT molecular complexity index is 273. The van der Waals surface area contributed by atoms with Gasteiger partial charge in [0.25, 0.3) is 0 Å². The zero-order valence-corrected chi connectivity index (χ0v) is 10.3. The molecule has 0 radical (unpaired) electrons. The molecule has 0 saturated heterocycles. The first-order valence-electron chi connectivity index (χ1n) is 6.57. The fraction of sp³-hybridized carbons (Fsp3) is 0.923. The molecule has 2 unspecified atom stereocenters. The van der Waals surface area contributed by atoms with E-state index in [1.807, 2.05) is 0 Å². The monoisotopic (exact) mass is 225 g/mol. The third-order valence-electron chi connectivity index (χ3n) is 4.19. The number of carbonyl (C=O) groups is 1.